The third-order valence-electron chi connectivity index (χ3n) is 3.77. The van der Waals surface area contributed by atoms with E-state index in [0.29, 0.717) is 6.04 Å². The molecular weight excluding hydrogens is 236 g/mol. The maximum absolute atomic E-state index is 6.02. The van der Waals surface area contributed by atoms with Gasteiger partial charge in [-0.1, -0.05) is 49.1 Å². The fourth-order valence-electron chi connectivity index (χ4n) is 2.60. The highest BCUT2D eigenvalue weighted by Crippen LogP contribution is 2.12. The van der Waals surface area contributed by atoms with Crippen LogP contribution in [0.1, 0.15) is 18.4 Å². The van der Waals surface area contributed by atoms with Crippen LogP contribution in [0.15, 0.2) is 24.3 Å². The van der Waals surface area contributed by atoms with Crippen LogP contribution in [-0.4, -0.2) is 32.1 Å². The topological polar surface area (TPSA) is 29.3 Å². The van der Waals surface area contributed by atoms with Gasteiger partial charge in [0.2, 0.25) is 0 Å². The average molecular weight is 262 g/mol. The van der Waals surface area contributed by atoms with E-state index >= 15 is 0 Å². The molecule has 1 saturated heterocycles. The lowest BCUT2D eigenvalue weighted by Crippen LogP contribution is -2.42. The molecule has 2 N–H and O–H groups in total. The smallest absolute Gasteiger partial charge is 0.0775 e. The highest BCUT2D eigenvalue weighted by molar-refractivity contribution is 6.88. The van der Waals surface area contributed by atoms with E-state index in [9.17, 15) is 0 Å². The van der Waals surface area contributed by atoms with Crippen molar-refractivity contribution in [3.63, 3.8) is 0 Å². The molecule has 0 amide bonds. The van der Waals surface area contributed by atoms with Gasteiger partial charge in [0, 0.05) is 19.1 Å². The second kappa shape index (κ2) is 5.55. The number of piperidine rings is 1. The lowest BCUT2D eigenvalue weighted by Gasteiger charge is -2.30. The summed E-state index contributed by atoms with van der Waals surface area (Å²) in [4.78, 5) is 2.48. The van der Waals surface area contributed by atoms with Crippen molar-refractivity contribution in [2.24, 2.45) is 5.73 Å². The number of nitrogens with zero attached hydrogens (tertiary/aromatic N) is 1. The molecule has 0 aromatic heterocycles. The Morgan fingerprint density at radius 3 is 2.44 bits per heavy atom. The Morgan fingerprint density at radius 1 is 1.22 bits per heavy atom. The number of rotatable bonds is 3. The minimum Gasteiger partial charge on any atom is -0.327 e. The first-order chi connectivity index (χ1) is 8.45. The molecule has 1 fully saturated rings. The van der Waals surface area contributed by atoms with E-state index in [1.54, 1.807) is 5.19 Å². The van der Waals surface area contributed by atoms with Gasteiger partial charge in [-0.2, -0.15) is 0 Å². The normalized spacial score (nSPS) is 22.1. The molecular formula is C15H26N2Si. The van der Waals surface area contributed by atoms with Gasteiger partial charge >= 0.3 is 0 Å². The van der Waals surface area contributed by atoms with Crippen molar-refractivity contribution in [1.29, 1.82) is 0 Å². The van der Waals surface area contributed by atoms with Crippen molar-refractivity contribution in [2.75, 3.05) is 13.1 Å². The summed E-state index contributed by atoms with van der Waals surface area (Å²) in [6.45, 7) is 10.5. The Morgan fingerprint density at radius 2 is 1.89 bits per heavy atom. The fourth-order valence-corrected chi connectivity index (χ4v) is 3.77. The highest BCUT2D eigenvalue weighted by Gasteiger charge is 2.18. The van der Waals surface area contributed by atoms with Gasteiger partial charge in [-0.25, -0.2) is 0 Å². The zero-order valence-electron chi connectivity index (χ0n) is 11.9. The van der Waals surface area contributed by atoms with Gasteiger partial charge in [-0.15, -0.1) is 0 Å². The largest absolute Gasteiger partial charge is 0.327 e. The summed E-state index contributed by atoms with van der Waals surface area (Å²) >= 11 is 0. The first-order valence-electron chi connectivity index (χ1n) is 7.02. The molecule has 18 heavy (non-hydrogen) atoms. The van der Waals surface area contributed by atoms with Crippen LogP contribution in [-0.2, 0) is 6.54 Å². The molecule has 1 aliphatic rings. The molecule has 3 heteroatoms. The van der Waals surface area contributed by atoms with Crippen molar-refractivity contribution >= 4 is 13.3 Å². The van der Waals surface area contributed by atoms with Crippen molar-refractivity contribution < 1.29 is 0 Å². The van der Waals surface area contributed by atoms with E-state index in [0.717, 1.165) is 13.1 Å². The summed E-state index contributed by atoms with van der Waals surface area (Å²) in [6.07, 6.45) is 2.43. The second-order valence-electron chi connectivity index (χ2n) is 6.58. The molecule has 1 aromatic carbocycles. The standard InChI is InChI=1S/C15H26N2Si/c1-18(2,3)15-8-6-13(7-9-15)11-17-10-4-5-14(16)12-17/h6-9,14H,4-5,10-12,16H2,1-3H3. The van der Waals surface area contributed by atoms with E-state index in [2.05, 4.69) is 48.8 Å². The first kappa shape index (κ1) is 13.8. The van der Waals surface area contributed by atoms with Gasteiger partial charge in [0.05, 0.1) is 8.07 Å². The summed E-state index contributed by atoms with van der Waals surface area (Å²) in [5.74, 6) is 0. The molecule has 1 unspecified atom stereocenters. The average Bonchev–Trinajstić information content (AvgIpc) is 2.28. The van der Waals surface area contributed by atoms with Crippen molar-refractivity contribution in [3.8, 4) is 0 Å². The lowest BCUT2D eigenvalue weighted by atomic mass is 10.1. The van der Waals surface area contributed by atoms with Crippen LogP contribution in [0.4, 0.5) is 0 Å². The third-order valence-corrected chi connectivity index (χ3v) is 5.83. The summed E-state index contributed by atoms with van der Waals surface area (Å²) < 4.78 is 0. The zero-order chi connectivity index (χ0) is 13.2. The molecule has 0 aliphatic carbocycles. The summed E-state index contributed by atoms with van der Waals surface area (Å²) in [5, 5.41) is 1.54. The third kappa shape index (κ3) is 3.67. The van der Waals surface area contributed by atoms with Crippen molar-refractivity contribution in [2.45, 2.75) is 45.1 Å². The van der Waals surface area contributed by atoms with E-state index in [4.69, 9.17) is 5.73 Å². The maximum atomic E-state index is 6.02. The van der Waals surface area contributed by atoms with Crippen LogP contribution in [0, 0.1) is 0 Å². The van der Waals surface area contributed by atoms with Crippen LogP contribution in [0.3, 0.4) is 0 Å². The first-order valence-corrected chi connectivity index (χ1v) is 10.5. The van der Waals surface area contributed by atoms with E-state index < -0.39 is 8.07 Å². The fraction of sp³-hybridized carbons (Fsp3) is 0.600. The predicted molar refractivity (Wildman–Crippen MR) is 81.9 cm³/mol. The number of nitrogens with two attached hydrogens (primary N) is 1. The van der Waals surface area contributed by atoms with Crippen LogP contribution >= 0.6 is 0 Å². The Bertz CT molecular complexity index is 380. The Hall–Kier alpha value is -0.643. The van der Waals surface area contributed by atoms with E-state index in [1.807, 2.05) is 0 Å². The predicted octanol–water partition coefficient (Wildman–Crippen LogP) is 2.15. The number of benzene rings is 1. The molecule has 0 saturated carbocycles. The van der Waals surface area contributed by atoms with Crippen LogP contribution in [0.2, 0.25) is 19.6 Å². The minimum atomic E-state index is -1.15. The number of hydrogen-bond donors (Lipinski definition) is 1. The summed E-state index contributed by atoms with van der Waals surface area (Å²) in [5.41, 5.74) is 7.45. The zero-order valence-corrected chi connectivity index (χ0v) is 12.9. The van der Waals surface area contributed by atoms with Crippen LogP contribution in [0.25, 0.3) is 0 Å². The van der Waals surface area contributed by atoms with Crippen LogP contribution in [0.5, 0.6) is 0 Å². The van der Waals surface area contributed by atoms with E-state index in [-0.39, 0.29) is 0 Å². The minimum absolute atomic E-state index is 0.375. The van der Waals surface area contributed by atoms with Gasteiger partial charge in [-0.3, -0.25) is 4.90 Å². The molecule has 1 atom stereocenters. The number of likely N-dealkylation sites (tertiary alicyclic amines) is 1. The Kier molecular flexibility index (Phi) is 4.25. The lowest BCUT2D eigenvalue weighted by molar-refractivity contribution is 0.201. The molecule has 1 aliphatic heterocycles. The van der Waals surface area contributed by atoms with Gasteiger partial charge in [0.1, 0.15) is 0 Å². The van der Waals surface area contributed by atoms with Gasteiger partial charge in [0.15, 0.2) is 0 Å². The van der Waals surface area contributed by atoms with Crippen molar-refractivity contribution in [1.82, 2.24) is 4.90 Å². The van der Waals surface area contributed by atoms with Gasteiger partial charge in [-0.05, 0) is 24.9 Å². The molecule has 100 valence electrons. The molecule has 2 nitrogen and oxygen atoms in total. The van der Waals surface area contributed by atoms with E-state index in [1.165, 1.54) is 24.9 Å². The molecule has 1 heterocycles. The molecule has 0 bridgehead atoms. The SMILES string of the molecule is C[Si](C)(C)c1ccc(CN2CCCC(N)C2)cc1. The molecule has 2 rings (SSSR count). The number of hydrogen-bond acceptors (Lipinski definition) is 2. The van der Waals surface area contributed by atoms with Gasteiger partial charge in [0.25, 0.3) is 0 Å². The Labute approximate surface area is 112 Å². The molecule has 1 aromatic rings. The maximum Gasteiger partial charge on any atom is 0.0775 e. The van der Waals surface area contributed by atoms with Crippen molar-refractivity contribution in [3.05, 3.63) is 29.8 Å². The summed E-state index contributed by atoms with van der Waals surface area (Å²) in [7, 11) is -1.15. The monoisotopic (exact) mass is 262 g/mol. The molecule has 0 radical (unpaired) electrons. The Balaban J connectivity index is 1.98. The quantitative estimate of drug-likeness (QED) is 0.846. The highest BCUT2D eigenvalue weighted by atomic mass is 28.3. The summed E-state index contributed by atoms with van der Waals surface area (Å²) in [6, 6.07) is 9.62. The molecule has 0 spiro atoms. The van der Waals surface area contributed by atoms with Crippen LogP contribution < -0.4 is 10.9 Å². The second-order valence-corrected chi connectivity index (χ2v) is 11.7. The van der Waals surface area contributed by atoms with Gasteiger partial charge < -0.3 is 5.73 Å².